The highest BCUT2D eigenvalue weighted by Crippen LogP contribution is 2.49. The number of nitrogens with one attached hydrogen (secondary N) is 3. The van der Waals surface area contributed by atoms with E-state index >= 15 is 0 Å². The number of aliphatic carboxylic acids is 1. The van der Waals surface area contributed by atoms with Gasteiger partial charge in [0, 0.05) is 84.1 Å². The molecule has 0 unspecified atom stereocenters. The average molecular weight is 863 g/mol. The second-order valence-corrected chi connectivity index (χ2v) is 19.0. The molecule has 0 aromatic heterocycles. The van der Waals surface area contributed by atoms with E-state index in [0.29, 0.717) is 27.9 Å². The Morgan fingerprint density at radius 1 is 0.883 bits per heavy atom. The van der Waals surface area contributed by atoms with E-state index in [1.807, 2.05) is 12.1 Å². The van der Waals surface area contributed by atoms with Gasteiger partial charge in [-0.2, -0.15) is 0 Å². The van der Waals surface area contributed by atoms with E-state index in [-0.39, 0.29) is 18.4 Å². The Bertz CT molecular complexity index is 2710. The molecule has 3 aromatic rings. The largest absolute Gasteiger partial charge is 0.744 e. The number of aryl methyl sites for hydroxylation is 2. The van der Waals surface area contributed by atoms with Gasteiger partial charge in [0.1, 0.15) is 47.3 Å². The number of hydrogen-bond donors (Lipinski definition) is 5. The Kier molecular flexibility index (Phi) is 11.2. The van der Waals surface area contributed by atoms with Crippen LogP contribution in [0.3, 0.4) is 0 Å². The smallest absolute Gasteiger partial charge is 0.322 e. The van der Waals surface area contributed by atoms with Crippen molar-refractivity contribution >= 4 is 55.1 Å². The van der Waals surface area contributed by atoms with Crippen LogP contribution in [0.1, 0.15) is 78.3 Å². The number of rotatable bonds is 14. The number of hydrogen-bond acceptors (Lipinski definition) is 11. The van der Waals surface area contributed by atoms with Crippen LogP contribution in [0.2, 0.25) is 0 Å². The van der Waals surface area contributed by atoms with Crippen molar-refractivity contribution in [2.24, 2.45) is 5.73 Å². The highest BCUT2D eigenvalue weighted by molar-refractivity contribution is 7.89. The first-order valence-electron chi connectivity index (χ1n) is 20.2. The number of primary amides is 1. The van der Waals surface area contributed by atoms with E-state index in [4.69, 9.17) is 15.6 Å². The van der Waals surface area contributed by atoms with Crippen LogP contribution in [0.4, 0.5) is 5.69 Å². The molecule has 3 aromatic carbocycles. The first-order chi connectivity index (χ1) is 28.6. The number of carboxylic acid groups (broad SMARTS) is 1. The fourth-order valence-electron chi connectivity index (χ4n) is 9.38. The van der Waals surface area contributed by atoms with Crippen molar-refractivity contribution in [3.8, 4) is 11.5 Å². The molecule has 0 saturated carbocycles. The first kappa shape index (κ1) is 41.4. The van der Waals surface area contributed by atoms with Crippen LogP contribution in [0.25, 0.3) is 5.57 Å². The zero-order valence-electron chi connectivity index (χ0n) is 32.8. The summed E-state index contributed by atoms with van der Waals surface area (Å²) in [6.07, 6.45) is 5.85. The maximum absolute atomic E-state index is 13.6. The number of sulfonamides is 1. The summed E-state index contributed by atoms with van der Waals surface area (Å²) in [5.41, 5.74) is 11.9. The Morgan fingerprint density at radius 3 is 2.33 bits per heavy atom. The van der Waals surface area contributed by atoms with Gasteiger partial charge in [-0.1, -0.05) is 6.07 Å². The highest BCUT2D eigenvalue weighted by atomic mass is 32.2. The van der Waals surface area contributed by atoms with Crippen LogP contribution in [-0.4, -0.2) is 95.5 Å². The number of benzene rings is 3. The quantitative estimate of drug-likeness (QED) is 0.0806. The van der Waals surface area contributed by atoms with Crippen molar-refractivity contribution in [2.45, 2.75) is 86.5 Å². The molecule has 17 nitrogen and oxygen atoms in total. The van der Waals surface area contributed by atoms with E-state index in [9.17, 15) is 40.6 Å². The molecule has 0 aliphatic carbocycles. The molecule has 3 amide bonds. The molecule has 5 aliphatic heterocycles. The van der Waals surface area contributed by atoms with Crippen molar-refractivity contribution in [3.05, 3.63) is 74.3 Å². The number of carbonyl (C=O) groups is 4. The number of fused-ring (bicyclic) bond motifs is 4. The summed E-state index contributed by atoms with van der Waals surface area (Å²) < 4.78 is 78.8. The summed E-state index contributed by atoms with van der Waals surface area (Å²) in [7, 11) is -9.82. The summed E-state index contributed by atoms with van der Waals surface area (Å²) in [6.45, 7) is 2.47. The normalized spacial score (nSPS) is 17.0. The second-order valence-electron chi connectivity index (χ2n) is 15.8. The second kappa shape index (κ2) is 16.2. The molecule has 19 heteroatoms. The van der Waals surface area contributed by atoms with E-state index in [2.05, 4.69) is 24.8 Å². The molecule has 6 N–H and O–H groups in total. The minimum Gasteiger partial charge on any atom is -0.744 e. The molecule has 5 aliphatic rings. The third kappa shape index (κ3) is 7.98. The van der Waals surface area contributed by atoms with Gasteiger partial charge >= 0.3 is 5.97 Å². The van der Waals surface area contributed by atoms with Crippen LogP contribution in [0.15, 0.2) is 40.1 Å². The lowest BCUT2D eigenvalue weighted by molar-refractivity contribution is -0.138. The number of nitrogens with zero attached hydrogens (tertiary/aromatic N) is 2. The maximum atomic E-state index is 13.6. The number of carbonyl (C=O) groups excluding carboxylic acids is 3. The summed E-state index contributed by atoms with van der Waals surface area (Å²) in [4.78, 5) is 48.7. The highest BCUT2D eigenvalue weighted by Gasteiger charge is 2.37. The molecule has 1 atom stereocenters. The van der Waals surface area contributed by atoms with Crippen LogP contribution >= 0.6 is 0 Å². The average Bonchev–Trinajstić information content (AvgIpc) is 3.20. The standard InChI is InChI=1S/C41H46N6O11S2/c42-33(48)12-11-31(41(52)43-22-35(50)51)45-34(49)13-14-44-59(53,54)25-9-10-26(32(21-25)60(55,56)57)36-29-19-23-5-1-15-46-17-3-7-27(37(23)46)39(29)58-40-28-8-4-18-47-16-2-6-24(38(28)47)20-30(36)40/h9-10,19-21,31,44H,1-8,11-18,22H2,(H5-,42,43,45,48,49,50,51,52,55,56,57)/t31-/m0/s1. The zero-order valence-corrected chi connectivity index (χ0v) is 34.4. The van der Waals surface area contributed by atoms with Gasteiger partial charge in [-0.3, -0.25) is 19.2 Å². The first-order valence-corrected chi connectivity index (χ1v) is 23.1. The molecule has 0 spiro atoms. The van der Waals surface area contributed by atoms with Crippen LogP contribution in [-0.2, 0) is 65.0 Å². The lowest BCUT2D eigenvalue weighted by Crippen LogP contribution is -2.48. The molecular formula is C41H46N6O11S2. The fraction of sp³-hybridized carbons (Fsp3) is 0.439. The lowest BCUT2D eigenvalue weighted by atomic mass is 9.82. The summed E-state index contributed by atoms with van der Waals surface area (Å²) in [5.74, 6) is -2.52. The Hall–Kier alpha value is -5.37. The number of carboxylic acids is 1. The van der Waals surface area contributed by atoms with E-state index < -0.39 is 79.2 Å². The number of ether oxygens (including phenoxy) is 1. The van der Waals surface area contributed by atoms with Crippen molar-refractivity contribution in [1.29, 1.82) is 0 Å². The van der Waals surface area contributed by atoms with E-state index in [1.54, 1.807) is 0 Å². The summed E-state index contributed by atoms with van der Waals surface area (Å²) in [5, 5.41) is 15.2. The van der Waals surface area contributed by atoms with Crippen LogP contribution < -0.4 is 45.9 Å². The van der Waals surface area contributed by atoms with Gasteiger partial charge in [0.05, 0.1) is 15.4 Å². The molecular weight excluding hydrogens is 817 g/mol. The predicted molar refractivity (Wildman–Crippen MR) is 216 cm³/mol. The topological polar surface area (TPSA) is 257 Å². The van der Waals surface area contributed by atoms with Gasteiger partial charge in [-0.25, -0.2) is 26.1 Å². The van der Waals surface area contributed by atoms with Crippen molar-refractivity contribution < 1.29 is 50.4 Å². The maximum Gasteiger partial charge on any atom is 0.322 e. The monoisotopic (exact) mass is 862 g/mol. The number of anilines is 1. The third-order valence-electron chi connectivity index (χ3n) is 11.9. The third-order valence-corrected chi connectivity index (χ3v) is 14.2. The molecule has 0 saturated heterocycles. The molecule has 0 fully saturated rings. The summed E-state index contributed by atoms with van der Waals surface area (Å²) >= 11 is 0. The van der Waals surface area contributed by atoms with Crippen molar-refractivity contribution in [1.82, 2.24) is 19.9 Å². The number of nitrogens with two attached hydrogens (primary N) is 1. The number of amides is 3. The van der Waals surface area contributed by atoms with E-state index in [0.717, 1.165) is 117 Å². The lowest BCUT2D eigenvalue weighted by Gasteiger charge is -2.39. The Balaban J connectivity index is 1.17. The molecule has 8 rings (SSSR count). The molecule has 318 valence electrons. The Morgan fingerprint density at radius 2 is 1.60 bits per heavy atom. The Labute approximate surface area is 346 Å². The SMILES string of the molecule is NC(=O)CC[C@H](NC(=O)CCNS(=O)(=O)c1ccc(C2=c3cc4c5c(c3Oc3c2cc2c6c3CCCN6CCC2)CCC[N+]=5CCC4)c(S(=O)(=O)[O-])c1)C(=O)NCC(=O)O. The van der Waals surface area contributed by atoms with Crippen molar-refractivity contribution in [3.63, 3.8) is 0 Å². The molecule has 0 radical (unpaired) electrons. The van der Waals surface area contributed by atoms with E-state index in [1.165, 1.54) is 12.1 Å². The van der Waals surface area contributed by atoms with Gasteiger partial charge in [0.2, 0.25) is 33.1 Å². The van der Waals surface area contributed by atoms with Gasteiger partial charge in [-0.15, -0.1) is 0 Å². The fourth-order valence-corrected chi connectivity index (χ4v) is 11.2. The predicted octanol–water partition coefficient (Wildman–Crippen LogP) is -0.354. The minimum atomic E-state index is -5.30. The zero-order chi connectivity index (χ0) is 42.5. The van der Waals surface area contributed by atoms with Gasteiger partial charge < -0.3 is 35.7 Å². The van der Waals surface area contributed by atoms with Gasteiger partial charge in [0.15, 0.2) is 0 Å². The van der Waals surface area contributed by atoms with Crippen molar-refractivity contribution in [2.75, 3.05) is 44.2 Å². The van der Waals surface area contributed by atoms with Gasteiger partial charge in [-0.05, 0) is 74.8 Å². The summed E-state index contributed by atoms with van der Waals surface area (Å²) in [6, 6.07) is 6.20. The van der Waals surface area contributed by atoms with Crippen LogP contribution in [0, 0.1) is 0 Å². The molecule has 0 bridgehead atoms. The molecule has 60 heavy (non-hydrogen) atoms. The molecule has 5 heterocycles. The minimum absolute atomic E-state index is 0.0588. The van der Waals surface area contributed by atoms with Gasteiger partial charge in [0.25, 0.3) is 0 Å². The van der Waals surface area contributed by atoms with Crippen LogP contribution in [0.5, 0.6) is 11.5 Å².